The molecule has 1 aliphatic rings. The van der Waals surface area contributed by atoms with Crippen LogP contribution in [0.15, 0.2) is 46.4 Å². The van der Waals surface area contributed by atoms with Gasteiger partial charge in [0.1, 0.15) is 13.2 Å². The minimum Gasteiger partial charge on any atom is -0.504 e. The normalized spacial score (nSPS) is 15.7. The molecule has 0 fully saturated rings. The van der Waals surface area contributed by atoms with Crippen LogP contribution in [0.1, 0.15) is 82.3 Å². The minimum atomic E-state index is 0.0821. The number of phenols is 2. The standard InChI is InChI=1S/C34H51N3O5/c1-2-3-4-5-6-7-8-9-10-11-20-37-21-18-35-27-29-14-12-16-31(33(29)38)41-25-23-40-24-26-42-32-17-13-15-30(34(32)39)28-36-19-22-37/h12-17,27-28,38-39H,2-11,18-26H2,1H3. The molecular weight excluding hydrogens is 530 g/mol. The van der Waals surface area contributed by atoms with Crippen LogP contribution >= 0.6 is 0 Å². The highest BCUT2D eigenvalue weighted by Gasteiger charge is 2.09. The summed E-state index contributed by atoms with van der Waals surface area (Å²) in [6.07, 6.45) is 16.6. The Bertz CT molecular complexity index is 1000. The second-order valence-corrected chi connectivity index (χ2v) is 10.8. The average molecular weight is 582 g/mol. The molecule has 0 radical (unpaired) electrons. The van der Waals surface area contributed by atoms with Gasteiger partial charge in [0, 0.05) is 36.6 Å². The quantitative estimate of drug-likeness (QED) is 0.289. The first kappa shape index (κ1) is 33.4. The van der Waals surface area contributed by atoms with E-state index in [0.717, 1.165) is 26.1 Å². The van der Waals surface area contributed by atoms with Gasteiger partial charge in [-0.3, -0.25) is 14.9 Å². The van der Waals surface area contributed by atoms with Gasteiger partial charge in [0.25, 0.3) is 0 Å². The lowest BCUT2D eigenvalue weighted by Crippen LogP contribution is -2.30. The van der Waals surface area contributed by atoms with Crippen molar-refractivity contribution in [3.05, 3.63) is 47.5 Å². The zero-order valence-corrected chi connectivity index (χ0v) is 25.5. The summed E-state index contributed by atoms with van der Waals surface area (Å²) in [6, 6.07) is 10.8. The highest BCUT2D eigenvalue weighted by atomic mass is 16.5. The second-order valence-electron chi connectivity index (χ2n) is 10.8. The van der Waals surface area contributed by atoms with E-state index in [4.69, 9.17) is 14.2 Å². The summed E-state index contributed by atoms with van der Waals surface area (Å²) in [4.78, 5) is 11.6. The largest absolute Gasteiger partial charge is 0.504 e. The molecule has 2 aromatic rings. The van der Waals surface area contributed by atoms with Crippen LogP contribution < -0.4 is 9.47 Å². The molecule has 2 N–H and O–H groups in total. The lowest BCUT2D eigenvalue weighted by atomic mass is 10.1. The second kappa shape index (κ2) is 20.7. The van der Waals surface area contributed by atoms with Gasteiger partial charge < -0.3 is 24.4 Å². The van der Waals surface area contributed by atoms with Gasteiger partial charge in [-0.2, -0.15) is 0 Å². The number of fused-ring (bicyclic) bond motifs is 4. The van der Waals surface area contributed by atoms with Crippen molar-refractivity contribution in [3.8, 4) is 23.0 Å². The van der Waals surface area contributed by atoms with Gasteiger partial charge in [-0.15, -0.1) is 0 Å². The Balaban J connectivity index is 1.57. The Kier molecular flexibility index (Phi) is 16.5. The number of unbranched alkanes of at least 4 members (excludes halogenated alkanes) is 9. The highest BCUT2D eigenvalue weighted by molar-refractivity contribution is 5.85. The van der Waals surface area contributed by atoms with Crippen molar-refractivity contribution in [2.45, 2.75) is 71.1 Å². The zero-order valence-electron chi connectivity index (χ0n) is 25.5. The van der Waals surface area contributed by atoms with E-state index in [-0.39, 0.29) is 11.5 Å². The van der Waals surface area contributed by atoms with E-state index in [9.17, 15) is 10.2 Å². The van der Waals surface area contributed by atoms with E-state index in [1.54, 1.807) is 24.6 Å². The van der Waals surface area contributed by atoms with Crippen molar-refractivity contribution in [1.29, 1.82) is 0 Å². The minimum absolute atomic E-state index is 0.0821. The number of rotatable bonds is 11. The van der Waals surface area contributed by atoms with Gasteiger partial charge in [0.15, 0.2) is 23.0 Å². The van der Waals surface area contributed by atoms with Gasteiger partial charge in [-0.1, -0.05) is 76.8 Å². The monoisotopic (exact) mass is 581 g/mol. The van der Waals surface area contributed by atoms with E-state index in [2.05, 4.69) is 21.8 Å². The number of aliphatic imine (C=N–C) groups is 2. The van der Waals surface area contributed by atoms with Crippen molar-refractivity contribution in [2.24, 2.45) is 9.98 Å². The molecule has 0 saturated heterocycles. The van der Waals surface area contributed by atoms with Gasteiger partial charge >= 0.3 is 0 Å². The molecule has 4 bridgehead atoms. The molecule has 0 atom stereocenters. The lowest BCUT2D eigenvalue weighted by molar-refractivity contribution is 0.0751. The smallest absolute Gasteiger partial charge is 0.166 e. The molecule has 0 amide bonds. The fourth-order valence-corrected chi connectivity index (χ4v) is 4.93. The van der Waals surface area contributed by atoms with Crippen LogP contribution in [0.2, 0.25) is 0 Å². The highest BCUT2D eigenvalue weighted by Crippen LogP contribution is 2.29. The van der Waals surface area contributed by atoms with Crippen molar-refractivity contribution in [2.75, 3.05) is 59.2 Å². The number of benzene rings is 2. The van der Waals surface area contributed by atoms with Gasteiger partial charge in [-0.25, -0.2) is 0 Å². The maximum atomic E-state index is 10.6. The molecule has 0 aromatic heterocycles. The maximum absolute atomic E-state index is 10.6. The van der Waals surface area contributed by atoms with E-state index >= 15 is 0 Å². The van der Waals surface area contributed by atoms with Crippen molar-refractivity contribution >= 4 is 12.4 Å². The van der Waals surface area contributed by atoms with Gasteiger partial charge in [0.2, 0.25) is 0 Å². The molecule has 232 valence electrons. The number of para-hydroxylation sites is 2. The number of phenolic OH excluding ortho intramolecular Hbond substituents is 2. The Morgan fingerprint density at radius 2 is 1.12 bits per heavy atom. The number of hydrogen-bond donors (Lipinski definition) is 2. The van der Waals surface area contributed by atoms with Crippen LogP contribution in [-0.4, -0.2) is 86.7 Å². The number of nitrogens with zero attached hydrogens (tertiary/aromatic N) is 3. The Morgan fingerprint density at radius 3 is 1.62 bits per heavy atom. The molecule has 3 rings (SSSR count). The van der Waals surface area contributed by atoms with Crippen LogP contribution in [0.25, 0.3) is 0 Å². The molecule has 8 nitrogen and oxygen atoms in total. The van der Waals surface area contributed by atoms with Crippen LogP contribution in [0.5, 0.6) is 23.0 Å². The third-order valence-corrected chi connectivity index (χ3v) is 7.41. The topological polar surface area (TPSA) is 96.1 Å². The Labute approximate surface area is 252 Å². The zero-order chi connectivity index (χ0) is 29.7. The summed E-state index contributed by atoms with van der Waals surface area (Å²) in [7, 11) is 0. The van der Waals surface area contributed by atoms with Crippen LogP contribution in [0, 0.1) is 0 Å². The predicted molar refractivity (Wildman–Crippen MR) is 171 cm³/mol. The third-order valence-electron chi connectivity index (χ3n) is 7.41. The molecule has 2 aromatic carbocycles. The predicted octanol–water partition coefficient (Wildman–Crippen LogP) is 6.65. The molecule has 0 spiro atoms. The molecule has 1 aliphatic heterocycles. The summed E-state index contributed by atoms with van der Waals surface area (Å²) < 4.78 is 17.0. The number of hydrogen-bond acceptors (Lipinski definition) is 8. The number of ether oxygens (including phenoxy) is 3. The molecule has 8 heteroatoms. The average Bonchev–Trinajstić information content (AvgIpc) is 2.99. The van der Waals surface area contributed by atoms with E-state index in [1.807, 2.05) is 24.3 Å². The summed E-state index contributed by atoms with van der Waals surface area (Å²) in [5.41, 5.74) is 1.27. The molecule has 42 heavy (non-hydrogen) atoms. The van der Waals surface area contributed by atoms with Gasteiger partial charge in [0.05, 0.1) is 26.3 Å². The van der Waals surface area contributed by atoms with Crippen LogP contribution in [0.4, 0.5) is 0 Å². The fraction of sp³-hybridized carbons (Fsp3) is 0.588. The molecule has 0 aliphatic carbocycles. The Hall–Kier alpha value is -3.10. The summed E-state index contributed by atoms with van der Waals surface area (Å²) >= 11 is 0. The SMILES string of the molecule is CCCCCCCCCCCCN1CCN=Cc2cccc(c2O)OCCOCCOc2cccc(c2O)C=NCC1. The molecule has 0 saturated carbocycles. The summed E-state index contributed by atoms with van der Waals surface area (Å²) in [5.74, 6) is 0.975. The maximum Gasteiger partial charge on any atom is 0.166 e. The molecule has 0 unspecified atom stereocenters. The van der Waals surface area contributed by atoms with E-state index in [0.29, 0.717) is 62.1 Å². The van der Waals surface area contributed by atoms with E-state index in [1.165, 1.54) is 57.8 Å². The van der Waals surface area contributed by atoms with Gasteiger partial charge in [-0.05, 0) is 37.2 Å². The van der Waals surface area contributed by atoms with Crippen LogP contribution in [-0.2, 0) is 4.74 Å². The van der Waals surface area contributed by atoms with Crippen molar-refractivity contribution < 1.29 is 24.4 Å². The third kappa shape index (κ3) is 12.8. The lowest BCUT2D eigenvalue weighted by Gasteiger charge is -2.20. The van der Waals surface area contributed by atoms with Crippen molar-refractivity contribution in [3.63, 3.8) is 0 Å². The fourth-order valence-electron chi connectivity index (χ4n) is 4.93. The summed E-state index contributed by atoms with van der Waals surface area (Å²) in [5, 5.41) is 21.3. The molecule has 1 heterocycles. The Morgan fingerprint density at radius 1 is 0.643 bits per heavy atom. The van der Waals surface area contributed by atoms with Crippen molar-refractivity contribution in [1.82, 2.24) is 4.90 Å². The summed E-state index contributed by atoms with van der Waals surface area (Å²) in [6.45, 7) is 7.41. The first-order valence-electron chi connectivity index (χ1n) is 15.9. The first-order valence-corrected chi connectivity index (χ1v) is 15.9. The van der Waals surface area contributed by atoms with E-state index < -0.39 is 0 Å². The van der Waals surface area contributed by atoms with Crippen LogP contribution in [0.3, 0.4) is 0 Å². The molecular formula is C34H51N3O5. The number of aromatic hydroxyl groups is 2. The first-order chi connectivity index (χ1) is 20.7.